The zero-order valence-corrected chi connectivity index (χ0v) is 64.6. The van der Waals surface area contributed by atoms with Crippen LogP contribution in [-0.2, 0) is 9.98 Å². The van der Waals surface area contributed by atoms with E-state index in [1.165, 1.54) is 58.0 Å². The van der Waals surface area contributed by atoms with E-state index in [4.69, 9.17) is 7.96 Å². The Morgan fingerprint density at radius 2 is 0.476 bits per heavy atom. The number of hydrogen-bond acceptors (Lipinski definition) is 2. The molecule has 3 nitrogen and oxygen atoms in total. The molecule has 0 saturated carbocycles. The minimum atomic E-state index is -5.83. The molecular weight excluding hydrogens is 1840 g/mol. The molecule has 3 atom stereocenters. The van der Waals surface area contributed by atoms with Crippen molar-refractivity contribution in [3.63, 3.8) is 0 Å². The second kappa shape index (κ2) is 45.6. The van der Waals surface area contributed by atoms with Crippen LogP contribution in [0, 0.1) is 257 Å². The monoisotopic (exact) mass is 1890 g/mol. The summed E-state index contributed by atoms with van der Waals surface area (Å²) in [6.45, 7) is 14.4. The van der Waals surface area contributed by atoms with Gasteiger partial charge in [-0.05, 0) is 105 Å². The van der Waals surface area contributed by atoms with Crippen molar-refractivity contribution >= 4 is 15.5 Å². The minimum absolute atomic E-state index is 0.297. The Morgan fingerprint density at radius 1 is 0.270 bits per heavy atom. The third-order valence-corrected chi connectivity index (χ3v) is 17.5. The molecule has 47 heteroatoms. The van der Waals surface area contributed by atoms with Gasteiger partial charge in [-0.1, -0.05) is 66.7 Å². The summed E-state index contributed by atoms with van der Waals surface area (Å²) < 4.78 is 580. The predicted molar refractivity (Wildman–Crippen MR) is 360 cm³/mol. The molecule has 0 saturated heterocycles. The summed E-state index contributed by atoms with van der Waals surface area (Å²) >= 11 is -1.50. The van der Waals surface area contributed by atoms with Crippen LogP contribution in [0.3, 0.4) is 0 Å². The van der Waals surface area contributed by atoms with Gasteiger partial charge in [-0.3, -0.25) is 0 Å². The van der Waals surface area contributed by atoms with Crippen molar-refractivity contribution in [3.8, 4) is 55.6 Å². The fourth-order valence-corrected chi connectivity index (χ4v) is 11.2. The third-order valence-electron chi connectivity index (χ3n) is 17.5. The molecule has 686 valence electrons. The molecule has 0 fully saturated rings. The Labute approximate surface area is 687 Å². The molecule has 10 aromatic rings. The zero-order chi connectivity index (χ0) is 96.7. The Balaban J connectivity index is 0.000000316. The van der Waals surface area contributed by atoms with Crippen LogP contribution in [0.4, 0.5) is 189 Å². The molecule has 2 N–H and O–H groups in total. The van der Waals surface area contributed by atoms with Crippen molar-refractivity contribution in [1.29, 1.82) is 0 Å². The Morgan fingerprint density at radius 3 is 0.690 bits per heavy atom. The van der Waals surface area contributed by atoms with Crippen LogP contribution in [0.15, 0.2) is 48.5 Å². The number of halogens is 43. The van der Waals surface area contributed by atoms with Gasteiger partial charge >= 0.3 is 29.6 Å². The van der Waals surface area contributed by atoms with E-state index in [1.807, 2.05) is 0 Å². The maximum absolute atomic E-state index is 13.8. The summed E-state index contributed by atoms with van der Waals surface area (Å²) in [6.07, 6.45) is 3.79. The molecule has 0 aromatic heterocycles. The van der Waals surface area contributed by atoms with E-state index in [1.54, 1.807) is 0 Å². The summed E-state index contributed by atoms with van der Waals surface area (Å²) in [4.78, 5) is 0. The predicted octanol–water partition coefficient (Wildman–Crippen LogP) is 27.9. The molecule has 10 aromatic carbocycles. The van der Waals surface area contributed by atoms with E-state index < -0.39 is 321 Å². The molecule has 0 aliphatic carbocycles. The van der Waals surface area contributed by atoms with E-state index in [9.17, 15) is 189 Å². The number of nitrogens with one attached hydrogen (secondary N) is 1. The van der Waals surface area contributed by atoms with Gasteiger partial charge in [-0.25, -0.2) is 176 Å². The Kier molecular flexibility index (Phi) is 39.0. The number of benzene rings is 10. The number of alkyl halides is 3. The number of hydrogen-bond donors (Lipinski definition) is 2. The standard InChI is InChI=1S/C17H37N.C14H3F11.4C12H2F8.Al.H2O.O/c1-6-9-15(4)13-18-14-16(5)11-12-17(8-3)10-7-2;1-2-3(4-7(16)11(20)13(22)12(21)8(4)17)5(14(23,24)25)9(18)10(19)6(2)15;4*13-4-2-1-3(6(14)7(4)15)5-8(16)10(18)12(20)11(19)9(5)17;;;/h15-18H,6-14H2,1-5H3;1H3;4*1-2H;;1H2;/q;;;;;;+1;;/p-1. The average molecular weight is 1890 g/mol. The summed E-state index contributed by atoms with van der Waals surface area (Å²) in [5, 5.41) is 3.64. The van der Waals surface area contributed by atoms with E-state index in [-0.39, 0.29) is 0 Å². The molecule has 0 radical (unpaired) electrons. The molecule has 0 aliphatic rings. The molecule has 3 unspecified atom stereocenters. The number of rotatable bonds is 17. The van der Waals surface area contributed by atoms with Gasteiger partial charge in [-0.15, -0.1) is 0 Å². The Hall–Kier alpha value is -10.7. The first-order valence-corrected chi connectivity index (χ1v) is 35.6. The van der Waals surface area contributed by atoms with Gasteiger partial charge in [0.05, 0.1) is 27.8 Å². The maximum atomic E-state index is 13.8. The SMILES string of the molecule is CCCC(C)CNCC(C)CCC(CC)CCC.Cc1c(F)c(F)c(F)c(C(F)(F)F)c1-c1c(F)c(F)c(F)c(F)c1F.Fc1ccc(-c2c(F)c(F)c(F)c(F)c2F)c(F)c1F.Fc1ccc(-c2c(F)c(F)c(F)c(F)c2F)c(F)c1F.Fc1ccc(-c2c(F)c(F)c(F)c(F)c2F)c(F)c1F.Fc1ccc(-c2c(F)c(F)c(F)c(F)c2F)c(F)c1F.[O]=[Al][OH]. The first-order valence-electron chi connectivity index (χ1n) is 34.6. The van der Waals surface area contributed by atoms with Gasteiger partial charge in [0.1, 0.15) is 5.56 Å². The van der Waals surface area contributed by atoms with Crippen molar-refractivity contribution in [3.05, 3.63) is 292 Å². The van der Waals surface area contributed by atoms with E-state index in [0.717, 1.165) is 17.8 Å². The summed E-state index contributed by atoms with van der Waals surface area (Å²) in [5.41, 5.74) is -20.2. The van der Waals surface area contributed by atoms with E-state index in [2.05, 4.69) is 39.9 Å². The Bertz CT molecular complexity index is 5030. The first-order chi connectivity index (χ1) is 58.4. The van der Waals surface area contributed by atoms with Gasteiger partial charge in [0.15, 0.2) is 204 Å². The van der Waals surface area contributed by atoms with Gasteiger partial charge in [0, 0.05) is 27.8 Å². The van der Waals surface area contributed by atoms with Crippen LogP contribution in [0.1, 0.15) is 90.7 Å². The normalized spacial score (nSPS) is 11.8. The van der Waals surface area contributed by atoms with E-state index >= 15 is 0 Å². The molecule has 0 aliphatic heterocycles. The van der Waals surface area contributed by atoms with Gasteiger partial charge in [-0.2, -0.15) is 13.2 Å². The third kappa shape index (κ3) is 23.5. The molecular formula is C79H49AlF43NO2. The van der Waals surface area contributed by atoms with E-state index in [0.29, 0.717) is 55.5 Å². The molecule has 10 rings (SSSR count). The quantitative estimate of drug-likeness (QED) is 0.0413. The van der Waals surface area contributed by atoms with Crippen molar-refractivity contribution in [2.24, 2.45) is 17.8 Å². The summed E-state index contributed by atoms with van der Waals surface area (Å²) in [6, 6.07) is 2.66. The van der Waals surface area contributed by atoms with Crippen LogP contribution in [0.25, 0.3) is 55.6 Å². The molecule has 0 heterocycles. The molecule has 0 amide bonds. The van der Waals surface area contributed by atoms with Crippen molar-refractivity contribution in [2.75, 3.05) is 13.1 Å². The van der Waals surface area contributed by atoms with Crippen LogP contribution in [0.2, 0.25) is 0 Å². The second-order valence-electron chi connectivity index (χ2n) is 25.8. The van der Waals surface area contributed by atoms with Crippen molar-refractivity contribution < 1.29 is 197 Å². The van der Waals surface area contributed by atoms with Crippen molar-refractivity contribution in [1.82, 2.24) is 5.32 Å². The molecule has 0 bridgehead atoms. The average Bonchev–Trinajstić information content (AvgIpc) is 0.734. The summed E-state index contributed by atoms with van der Waals surface area (Å²) in [7, 11) is 0. The topological polar surface area (TPSA) is 49.3 Å². The fraction of sp³-hybridized carbons (Fsp3) is 0.241. The van der Waals surface area contributed by atoms with Gasteiger partial charge in [0.2, 0.25) is 29.1 Å². The zero-order valence-electron chi connectivity index (χ0n) is 63.4. The molecule has 0 spiro atoms. The first kappa shape index (κ1) is 108. The summed E-state index contributed by atoms with van der Waals surface area (Å²) in [5.74, 6) is -88.9. The molecule has 126 heavy (non-hydrogen) atoms. The van der Waals surface area contributed by atoms with Crippen molar-refractivity contribution in [2.45, 2.75) is 92.7 Å². The van der Waals surface area contributed by atoms with Gasteiger partial charge < -0.3 is 5.32 Å². The second-order valence-corrected chi connectivity index (χ2v) is 26.0. The van der Waals surface area contributed by atoms with Crippen LogP contribution >= 0.6 is 0 Å². The van der Waals surface area contributed by atoms with Crippen LogP contribution in [-0.4, -0.2) is 32.7 Å². The van der Waals surface area contributed by atoms with Crippen LogP contribution in [0.5, 0.6) is 0 Å². The van der Waals surface area contributed by atoms with Gasteiger partial charge in [0.25, 0.3) is 0 Å². The van der Waals surface area contributed by atoms with Crippen LogP contribution < -0.4 is 5.32 Å². The fourth-order valence-electron chi connectivity index (χ4n) is 11.2.